The van der Waals surface area contributed by atoms with Crippen molar-refractivity contribution in [3.8, 4) is 0 Å². The normalized spacial score (nSPS) is 10.2. The zero-order chi connectivity index (χ0) is 15.4. The summed E-state index contributed by atoms with van der Waals surface area (Å²) in [7, 11) is 0. The van der Waals surface area contributed by atoms with Gasteiger partial charge in [-0.1, -0.05) is 11.6 Å². The molecule has 0 fully saturated rings. The predicted octanol–water partition coefficient (Wildman–Crippen LogP) is 4.14. The van der Waals surface area contributed by atoms with E-state index in [-0.39, 0.29) is 12.5 Å². The SMILES string of the molecule is CCOC(=O)c1cc(C)sc1NC(=O)c1ccc(Cl)cc1. The standard InChI is InChI=1S/C15H14ClNO3S/c1-3-20-15(19)12-8-9(2)21-14(12)17-13(18)10-4-6-11(16)7-5-10/h4-8H,3H2,1-2H3,(H,17,18). The monoisotopic (exact) mass is 323 g/mol. The van der Waals surface area contributed by atoms with E-state index in [1.54, 1.807) is 37.3 Å². The third-order valence-corrected chi connectivity index (χ3v) is 3.90. The number of anilines is 1. The van der Waals surface area contributed by atoms with Crippen LogP contribution in [0.3, 0.4) is 0 Å². The van der Waals surface area contributed by atoms with E-state index in [1.165, 1.54) is 11.3 Å². The Hall–Kier alpha value is -1.85. The van der Waals surface area contributed by atoms with Crippen LogP contribution in [0.5, 0.6) is 0 Å². The number of aryl methyl sites for hydroxylation is 1. The van der Waals surface area contributed by atoms with E-state index < -0.39 is 5.97 Å². The molecule has 0 saturated carbocycles. The maximum absolute atomic E-state index is 12.2. The summed E-state index contributed by atoms with van der Waals surface area (Å²) in [4.78, 5) is 24.9. The smallest absolute Gasteiger partial charge is 0.341 e. The molecule has 1 aromatic carbocycles. The minimum Gasteiger partial charge on any atom is -0.462 e. The van der Waals surface area contributed by atoms with Crippen LogP contribution in [0.25, 0.3) is 0 Å². The van der Waals surface area contributed by atoms with Gasteiger partial charge in [0.15, 0.2) is 0 Å². The van der Waals surface area contributed by atoms with Crippen molar-refractivity contribution in [1.82, 2.24) is 0 Å². The van der Waals surface area contributed by atoms with Gasteiger partial charge in [-0.05, 0) is 44.2 Å². The van der Waals surface area contributed by atoms with Crippen molar-refractivity contribution in [2.24, 2.45) is 0 Å². The third kappa shape index (κ3) is 3.83. The van der Waals surface area contributed by atoms with Gasteiger partial charge in [0.1, 0.15) is 5.00 Å². The van der Waals surface area contributed by atoms with Gasteiger partial charge < -0.3 is 10.1 Å². The van der Waals surface area contributed by atoms with Gasteiger partial charge in [-0.2, -0.15) is 0 Å². The zero-order valence-corrected chi connectivity index (χ0v) is 13.2. The van der Waals surface area contributed by atoms with Gasteiger partial charge in [0, 0.05) is 15.5 Å². The highest BCUT2D eigenvalue weighted by atomic mass is 35.5. The van der Waals surface area contributed by atoms with Crippen LogP contribution < -0.4 is 5.32 Å². The van der Waals surface area contributed by atoms with Gasteiger partial charge in [-0.3, -0.25) is 4.79 Å². The molecule has 0 radical (unpaired) electrons. The number of amides is 1. The van der Waals surface area contributed by atoms with E-state index in [2.05, 4.69) is 5.32 Å². The quantitative estimate of drug-likeness (QED) is 0.860. The molecule has 0 aliphatic rings. The molecule has 0 unspecified atom stereocenters. The lowest BCUT2D eigenvalue weighted by Gasteiger charge is -2.06. The van der Waals surface area contributed by atoms with Crippen LogP contribution in [-0.2, 0) is 4.74 Å². The summed E-state index contributed by atoms with van der Waals surface area (Å²) in [6, 6.07) is 8.25. The van der Waals surface area contributed by atoms with Crippen LogP contribution in [0.2, 0.25) is 5.02 Å². The predicted molar refractivity (Wildman–Crippen MR) is 84.4 cm³/mol. The molecule has 1 N–H and O–H groups in total. The lowest BCUT2D eigenvalue weighted by Crippen LogP contribution is -2.14. The molecule has 110 valence electrons. The summed E-state index contributed by atoms with van der Waals surface area (Å²) in [5, 5.41) is 3.79. The maximum atomic E-state index is 12.2. The number of rotatable bonds is 4. The Balaban J connectivity index is 2.21. The molecule has 2 rings (SSSR count). The molecule has 0 aliphatic heterocycles. The molecule has 1 amide bonds. The second-order valence-electron chi connectivity index (χ2n) is 4.28. The first-order chi connectivity index (χ1) is 10.0. The number of benzene rings is 1. The fourth-order valence-electron chi connectivity index (χ4n) is 1.74. The van der Waals surface area contributed by atoms with E-state index in [0.717, 1.165) is 4.88 Å². The summed E-state index contributed by atoms with van der Waals surface area (Å²) < 4.78 is 4.98. The first-order valence-electron chi connectivity index (χ1n) is 6.35. The molecule has 0 bridgehead atoms. The molecule has 2 aromatic rings. The Kier molecular flexibility index (Phi) is 4.98. The molecule has 1 heterocycles. The molecular formula is C15H14ClNO3S. The average Bonchev–Trinajstić information content (AvgIpc) is 2.80. The first-order valence-corrected chi connectivity index (χ1v) is 7.55. The van der Waals surface area contributed by atoms with Crippen LogP contribution >= 0.6 is 22.9 Å². The van der Waals surface area contributed by atoms with Crippen LogP contribution in [0.1, 0.15) is 32.5 Å². The lowest BCUT2D eigenvalue weighted by molar-refractivity contribution is 0.0528. The fourth-order valence-corrected chi connectivity index (χ4v) is 2.76. The number of carbonyl (C=O) groups excluding carboxylic acids is 2. The van der Waals surface area contributed by atoms with Crippen molar-refractivity contribution in [1.29, 1.82) is 0 Å². The molecular weight excluding hydrogens is 310 g/mol. The fraction of sp³-hybridized carbons (Fsp3) is 0.200. The molecule has 6 heteroatoms. The topological polar surface area (TPSA) is 55.4 Å². The molecule has 4 nitrogen and oxygen atoms in total. The number of carbonyl (C=O) groups is 2. The summed E-state index contributed by atoms with van der Waals surface area (Å²) >= 11 is 7.13. The molecule has 0 aliphatic carbocycles. The van der Waals surface area contributed by atoms with Gasteiger partial charge in [-0.25, -0.2) is 4.79 Å². The van der Waals surface area contributed by atoms with Gasteiger partial charge in [0.05, 0.1) is 12.2 Å². The van der Waals surface area contributed by atoms with Crippen molar-refractivity contribution in [3.63, 3.8) is 0 Å². The van der Waals surface area contributed by atoms with E-state index in [0.29, 0.717) is 21.2 Å². The highest BCUT2D eigenvalue weighted by molar-refractivity contribution is 7.16. The van der Waals surface area contributed by atoms with E-state index in [9.17, 15) is 9.59 Å². The van der Waals surface area contributed by atoms with E-state index in [4.69, 9.17) is 16.3 Å². The summed E-state index contributed by atoms with van der Waals surface area (Å²) in [5.41, 5.74) is 0.849. The Morgan fingerprint density at radius 3 is 2.57 bits per heavy atom. The van der Waals surface area contributed by atoms with E-state index >= 15 is 0 Å². The molecule has 0 spiro atoms. The summed E-state index contributed by atoms with van der Waals surface area (Å²) in [5.74, 6) is -0.729. The van der Waals surface area contributed by atoms with Crippen molar-refractivity contribution in [2.45, 2.75) is 13.8 Å². The first kappa shape index (κ1) is 15.5. The van der Waals surface area contributed by atoms with Crippen LogP contribution in [-0.4, -0.2) is 18.5 Å². The number of hydrogen-bond acceptors (Lipinski definition) is 4. The van der Waals surface area contributed by atoms with Crippen molar-refractivity contribution < 1.29 is 14.3 Å². The molecule has 1 aromatic heterocycles. The summed E-state index contributed by atoms with van der Waals surface area (Å²) in [6.45, 7) is 3.90. The van der Waals surface area contributed by atoms with Gasteiger partial charge in [0.2, 0.25) is 0 Å². The summed E-state index contributed by atoms with van der Waals surface area (Å²) in [6.07, 6.45) is 0. The number of ether oxygens (including phenoxy) is 1. The Bertz CT molecular complexity index is 664. The minimum absolute atomic E-state index is 0.290. The molecule has 0 saturated heterocycles. The van der Waals surface area contributed by atoms with Crippen molar-refractivity contribution >= 4 is 39.8 Å². The van der Waals surface area contributed by atoms with Crippen LogP contribution in [0.4, 0.5) is 5.00 Å². The number of nitrogens with one attached hydrogen (secondary N) is 1. The molecule has 0 atom stereocenters. The van der Waals surface area contributed by atoms with Crippen molar-refractivity contribution in [3.05, 3.63) is 51.4 Å². The highest BCUT2D eigenvalue weighted by Crippen LogP contribution is 2.28. The van der Waals surface area contributed by atoms with Crippen LogP contribution in [0, 0.1) is 6.92 Å². The van der Waals surface area contributed by atoms with Gasteiger partial charge in [0.25, 0.3) is 5.91 Å². The molecule has 21 heavy (non-hydrogen) atoms. The number of halogens is 1. The highest BCUT2D eigenvalue weighted by Gasteiger charge is 2.18. The Morgan fingerprint density at radius 2 is 1.95 bits per heavy atom. The Morgan fingerprint density at radius 1 is 1.29 bits per heavy atom. The largest absolute Gasteiger partial charge is 0.462 e. The minimum atomic E-state index is -0.437. The number of thiophene rings is 1. The van der Waals surface area contributed by atoms with Gasteiger partial charge in [-0.15, -0.1) is 11.3 Å². The second-order valence-corrected chi connectivity index (χ2v) is 5.97. The van der Waals surface area contributed by atoms with E-state index in [1.807, 2.05) is 6.92 Å². The zero-order valence-electron chi connectivity index (χ0n) is 11.6. The number of hydrogen-bond donors (Lipinski definition) is 1. The Labute approximate surface area is 131 Å². The van der Waals surface area contributed by atoms with Crippen LogP contribution in [0.15, 0.2) is 30.3 Å². The maximum Gasteiger partial charge on any atom is 0.341 e. The lowest BCUT2D eigenvalue weighted by atomic mass is 10.2. The van der Waals surface area contributed by atoms with Crippen molar-refractivity contribution in [2.75, 3.05) is 11.9 Å². The number of esters is 1. The van der Waals surface area contributed by atoms with Gasteiger partial charge >= 0.3 is 5.97 Å². The third-order valence-electron chi connectivity index (χ3n) is 2.68. The second kappa shape index (κ2) is 6.74. The average molecular weight is 324 g/mol.